The molecule has 0 aliphatic carbocycles. The monoisotopic (exact) mass is 235 g/mol. The van der Waals surface area contributed by atoms with Crippen LogP contribution in [0.5, 0.6) is 5.75 Å². The molecule has 4 N–H and O–H groups in total. The lowest BCUT2D eigenvalue weighted by Gasteiger charge is -2.14. The third-order valence-corrected chi connectivity index (χ3v) is 2.15. The number of nitrogens with two attached hydrogens (primary N) is 1. The van der Waals surface area contributed by atoms with Crippen LogP contribution in [0.1, 0.15) is 23.7 Å². The van der Waals surface area contributed by atoms with E-state index in [1.54, 1.807) is 0 Å². The van der Waals surface area contributed by atoms with E-state index in [-0.39, 0.29) is 18.5 Å². The summed E-state index contributed by atoms with van der Waals surface area (Å²) in [5.74, 6) is -0.851. The number of hydrogen-bond acceptors (Lipinski definition) is 3. The first-order valence-corrected chi connectivity index (χ1v) is 4.64. The lowest BCUT2D eigenvalue weighted by atomic mass is 10.0. The number of halogens is 3. The zero-order chi connectivity index (χ0) is 12.3. The molecule has 0 radical (unpaired) electrons. The lowest BCUT2D eigenvalue weighted by Crippen LogP contribution is -2.10. The van der Waals surface area contributed by atoms with Crippen molar-refractivity contribution in [1.82, 2.24) is 0 Å². The molecule has 1 rings (SSSR count). The minimum atomic E-state index is -4.64. The average Bonchev–Trinajstić information content (AvgIpc) is 2.16. The first-order chi connectivity index (χ1) is 7.36. The predicted octanol–water partition coefficient (Wildman–Crippen LogP) is 1.79. The standard InChI is InChI=1S/C10H12F3NO2/c11-10(12,13)7-5-6(1-2-9(7)16)8(15)3-4-14/h1-2,5,8,15-16H,3-4,14H2. The van der Waals surface area contributed by atoms with Gasteiger partial charge in [-0.3, -0.25) is 0 Å². The Kier molecular flexibility index (Phi) is 3.77. The maximum atomic E-state index is 12.4. The zero-order valence-electron chi connectivity index (χ0n) is 8.33. The van der Waals surface area contributed by atoms with Crippen LogP contribution in [0.25, 0.3) is 0 Å². The normalized spacial score (nSPS) is 13.8. The third kappa shape index (κ3) is 2.86. The molecule has 0 spiro atoms. The number of rotatable bonds is 3. The molecule has 1 unspecified atom stereocenters. The molecule has 0 bridgehead atoms. The minimum absolute atomic E-state index is 0.0931. The second kappa shape index (κ2) is 4.71. The van der Waals surface area contributed by atoms with Crippen LogP contribution in [0.4, 0.5) is 13.2 Å². The molecule has 1 aromatic carbocycles. The summed E-state index contributed by atoms with van der Waals surface area (Å²) in [6, 6.07) is 2.89. The Morgan fingerprint density at radius 1 is 1.31 bits per heavy atom. The number of phenolic OH excluding ortho intramolecular Hbond substituents is 1. The predicted molar refractivity (Wildman–Crippen MR) is 51.7 cm³/mol. The molecule has 0 aliphatic rings. The van der Waals surface area contributed by atoms with E-state index in [4.69, 9.17) is 10.8 Å². The summed E-state index contributed by atoms with van der Waals surface area (Å²) in [6.45, 7) is 0.170. The highest BCUT2D eigenvalue weighted by molar-refractivity contribution is 5.38. The van der Waals surface area contributed by atoms with Crippen LogP contribution in [-0.2, 0) is 6.18 Å². The van der Waals surface area contributed by atoms with Gasteiger partial charge in [-0.15, -0.1) is 0 Å². The molecule has 0 saturated carbocycles. The van der Waals surface area contributed by atoms with Crippen molar-refractivity contribution in [3.63, 3.8) is 0 Å². The Morgan fingerprint density at radius 2 is 1.94 bits per heavy atom. The van der Waals surface area contributed by atoms with Crippen LogP contribution < -0.4 is 5.73 Å². The quantitative estimate of drug-likeness (QED) is 0.748. The first kappa shape index (κ1) is 12.8. The van der Waals surface area contributed by atoms with Crippen LogP contribution in [-0.4, -0.2) is 16.8 Å². The number of aliphatic hydroxyl groups is 1. The number of benzene rings is 1. The maximum Gasteiger partial charge on any atom is 0.419 e. The topological polar surface area (TPSA) is 66.5 Å². The Bertz CT molecular complexity index is 366. The van der Waals surface area contributed by atoms with Gasteiger partial charge in [-0.1, -0.05) is 6.07 Å². The van der Waals surface area contributed by atoms with Crippen LogP contribution in [0, 0.1) is 0 Å². The molecule has 6 heteroatoms. The summed E-state index contributed by atoms with van der Waals surface area (Å²) >= 11 is 0. The van der Waals surface area contributed by atoms with E-state index in [9.17, 15) is 18.3 Å². The molecule has 16 heavy (non-hydrogen) atoms. The fraction of sp³-hybridized carbons (Fsp3) is 0.400. The minimum Gasteiger partial charge on any atom is -0.507 e. The van der Waals surface area contributed by atoms with Gasteiger partial charge in [0.15, 0.2) is 0 Å². The van der Waals surface area contributed by atoms with Crippen molar-refractivity contribution >= 4 is 0 Å². The van der Waals surface area contributed by atoms with E-state index >= 15 is 0 Å². The molecular formula is C10H12F3NO2. The van der Waals surface area contributed by atoms with Crippen molar-refractivity contribution in [3.05, 3.63) is 29.3 Å². The van der Waals surface area contributed by atoms with E-state index < -0.39 is 23.6 Å². The van der Waals surface area contributed by atoms with Gasteiger partial charge < -0.3 is 15.9 Å². The van der Waals surface area contributed by atoms with Gasteiger partial charge in [0.2, 0.25) is 0 Å². The molecule has 0 heterocycles. The third-order valence-electron chi connectivity index (χ3n) is 2.15. The van der Waals surface area contributed by atoms with Gasteiger partial charge in [0.05, 0.1) is 11.7 Å². The van der Waals surface area contributed by atoms with E-state index in [0.717, 1.165) is 12.1 Å². The Morgan fingerprint density at radius 3 is 2.44 bits per heavy atom. The first-order valence-electron chi connectivity index (χ1n) is 4.64. The lowest BCUT2D eigenvalue weighted by molar-refractivity contribution is -0.138. The summed E-state index contributed by atoms with van der Waals surface area (Å²) in [7, 11) is 0. The van der Waals surface area contributed by atoms with E-state index in [2.05, 4.69) is 0 Å². The van der Waals surface area contributed by atoms with Crippen molar-refractivity contribution < 1.29 is 23.4 Å². The number of aromatic hydroxyl groups is 1. The van der Waals surface area contributed by atoms with Gasteiger partial charge in [0, 0.05) is 0 Å². The fourth-order valence-electron chi connectivity index (χ4n) is 1.31. The highest BCUT2D eigenvalue weighted by Gasteiger charge is 2.34. The van der Waals surface area contributed by atoms with Gasteiger partial charge in [0.25, 0.3) is 0 Å². The van der Waals surface area contributed by atoms with Gasteiger partial charge in [-0.05, 0) is 30.7 Å². The van der Waals surface area contributed by atoms with Gasteiger partial charge in [-0.2, -0.15) is 13.2 Å². The van der Waals surface area contributed by atoms with E-state index in [1.165, 1.54) is 6.07 Å². The highest BCUT2D eigenvalue weighted by atomic mass is 19.4. The zero-order valence-corrected chi connectivity index (χ0v) is 8.33. The molecule has 0 aromatic heterocycles. The molecule has 1 aromatic rings. The summed E-state index contributed by atoms with van der Waals surface area (Å²) in [5, 5.41) is 18.5. The fourth-order valence-corrected chi connectivity index (χ4v) is 1.31. The SMILES string of the molecule is NCCC(O)c1ccc(O)c(C(F)(F)F)c1. The van der Waals surface area contributed by atoms with Crippen LogP contribution >= 0.6 is 0 Å². The van der Waals surface area contributed by atoms with E-state index in [1.807, 2.05) is 0 Å². The Labute approximate surface area is 90.3 Å². The summed E-state index contributed by atoms with van der Waals surface area (Å²) < 4.78 is 37.2. The number of aliphatic hydroxyl groups excluding tert-OH is 1. The smallest absolute Gasteiger partial charge is 0.419 e. The van der Waals surface area contributed by atoms with Gasteiger partial charge >= 0.3 is 6.18 Å². The summed E-state index contributed by atoms with van der Waals surface area (Å²) in [5.41, 5.74) is 4.13. The van der Waals surface area contributed by atoms with Crippen LogP contribution in [0.15, 0.2) is 18.2 Å². The molecule has 0 saturated heterocycles. The van der Waals surface area contributed by atoms with E-state index in [0.29, 0.717) is 0 Å². The molecule has 0 fully saturated rings. The largest absolute Gasteiger partial charge is 0.507 e. The molecule has 0 aliphatic heterocycles. The van der Waals surface area contributed by atoms with Crippen LogP contribution in [0.2, 0.25) is 0 Å². The summed E-state index contributed by atoms with van der Waals surface area (Å²) in [6.07, 6.45) is -5.52. The van der Waals surface area contributed by atoms with Crippen LogP contribution in [0.3, 0.4) is 0 Å². The second-order valence-corrected chi connectivity index (χ2v) is 3.37. The Hall–Kier alpha value is -1.27. The number of phenols is 1. The molecular weight excluding hydrogens is 223 g/mol. The molecule has 1 atom stereocenters. The molecule has 0 amide bonds. The van der Waals surface area contributed by atoms with Crippen molar-refractivity contribution in [2.45, 2.75) is 18.7 Å². The molecule has 3 nitrogen and oxygen atoms in total. The average molecular weight is 235 g/mol. The Balaban J connectivity index is 3.07. The maximum absolute atomic E-state index is 12.4. The number of alkyl halides is 3. The number of hydrogen-bond donors (Lipinski definition) is 3. The highest BCUT2D eigenvalue weighted by Crippen LogP contribution is 2.37. The summed E-state index contributed by atoms with van der Waals surface area (Å²) in [4.78, 5) is 0. The van der Waals surface area contributed by atoms with Crippen molar-refractivity contribution in [3.8, 4) is 5.75 Å². The van der Waals surface area contributed by atoms with Crippen molar-refractivity contribution in [2.75, 3.05) is 6.54 Å². The van der Waals surface area contributed by atoms with Crippen molar-refractivity contribution in [2.24, 2.45) is 5.73 Å². The molecule has 90 valence electrons. The second-order valence-electron chi connectivity index (χ2n) is 3.37. The van der Waals surface area contributed by atoms with Gasteiger partial charge in [0.1, 0.15) is 5.75 Å². The van der Waals surface area contributed by atoms with Crippen molar-refractivity contribution in [1.29, 1.82) is 0 Å². The van der Waals surface area contributed by atoms with Gasteiger partial charge in [-0.25, -0.2) is 0 Å².